The third-order valence-electron chi connectivity index (χ3n) is 5.39. The van der Waals surface area contributed by atoms with Crippen molar-refractivity contribution in [3.05, 3.63) is 82.8 Å². The van der Waals surface area contributed by atoms with E-state index in [1.807, 2.05) is 0 Å². The van der Waals surface area contributed by atoms with Crippen molar-refractivity contribution >= 4 is 29.1 Å². The van der Waals surface area contributed by atoms with Crippen molar-refractivity contribution in [3.8, 4) is 5.75 Å². The standard InChI is InChI=1S/C24H20ClF3N2O4/c25-20-8-7-15(12-19(20)24(26,27)28)29-22(31)14-30(13-16-4-3-10-33-16)23(32)18-9-11-34-21-6-2-1-5-17(18)21/h1-8,10,12,18H,9,11,13-14H2,(H,29,31). The molecule has 0 saturated heterocycles. The molecule has 0 bridgehead atoms. The van der Waals surface area contributed by atoms with Crippen LogP contribution in [-0.4, -0.2) is 29.9 Å². The first-order valence-corrected chi connectivity index (χ1v) is 10.8. The van der Waals surface area contributed by atoms with Gasteiger partial charge in [-0.2, -0.15) is 13.2 Å². The molecule has 4 rings (SSSR count). The zero-order chi connectivity index (χ0) is 24.3. The average Bonchev–Trinajstić information content (AvgIpc) is 3.31. The maximum Gasteiger partial charge on any atom is 0.417 e. The van der Waals surface area contributed by atoms with Crippen LogP contribution in [-0.2, 0) is 22.3 Å². The van der Waals surface area contributed by atoms with Crippen molar-refractivity contribution in [1.29, 1.82) is 0 Å². The van der Waals surface area contributed by atoms with Crippen molar-refractivity contribution < 1.29 is 31.9 Å². The van der Waals surface area contributed by atoms with E-state index in [2.05, 4.69) is 5.32 Å². The number of halogens is 4. The average molecular weight is 493 g/mol. The lowest BCUT2D eigenvalue weighted by Crippen LogP contribution is -2.41. The number of nitrogens with zero attached hydrogens (tertiary/aromatic N) is 1. The van der Waals surface area contributed by atoms with Crippen molar-refractivity contribution in [2.24, 2.45) is 0 Å². The smallest absolute Gasteiger partial charge is 0.417 e. The zero-order valence-electron chi connectivity index (χ0n) is 17.8. The van der Waals surface area contributed by atoms with Crippen molar-refractivity contribution in [1.82, 2.24) is 4.90 Å². The largest absolute Gasteiger partial charge is 0.493 e. The summed E-state index contributed by atoms with van der Waals surface area (Å²) in [5.74, 6) is -0.423. The summed E-state index contributed by atoms with van der Waals surface area (Å²) in [5.41, 5.74) is -0.422. The fraction of sp³-hybridized carbons (Fsp3) is 0.250. The summed E-state index contributed by atoms with van der Waals surface area (Å²) in [4.78, 5) is 27.6. The molecule has 1 unspecified atom stereocenters. The Morgan fingerprint density at radius 3 is 2.65 bits per heavy atom. The number of furan rings is 1. The third kappa shape index (κ3) is 5.36. The first-order valence-electron chi connectivity index (χ1n) is 10.4. The number of alkyl halides is 3. The van der Waals surface area contributed by atoms with E-state index >= 15 is 0 Å². The van der Waals surface area contributed by atoms with Gasteiger partial charge in [-0.15, -0.1) is 0 Å². The second-order valence-electron chi connectivity index (χ2n) is 7.74. The van der Waals surface area contributed by atoms with Gasteiger partial charge in [-0.25, -0.2) is 0 Å². The lowest BCUT2D eigenvalue weighted by Gasteiger charge is -2.30. The number of benzene rings is 2. The van der Waals surface area contributed by atoms with Gasteiger partial charge in [0.2, 0.25) is 11.8 Å². The van der Waals surface area contributed by atoms with Crippen molar-refractivity contribution in [2.75, 3.05) is 18.5 Å². The van der Waals surface area contributed by atoms with E-state index in [0.29, 0.717) is 24.5 Å². The monoisotopic (exact) mass is 492 g/mol. The molecular formula is C24H20ClF3N2O4. The zero-order valence-corrected chi connectivity index (χ0v) is 18.5. The van der Waals surface area contributed by atoms with Gasteiger partial charge in [-0.05, 0) is 42.8 Å². The molecule has 1 aliphatic rings. The molecule has 0 aliphatic carbocycles. The Labute approximate surface area is 198 Å². The molecule has 0 radical (unpaired) electrons. The Kier molecular flexibility index (Phi) is 6.83. The molecular weight excluding hydrogens is 473 g/mol. The van der Waals surface area contributed by atoms with Crippen LogP contribution in [0.1, 0.15) is 29.2 Å². The molecule has 2 amide bonds. The predicted molar refractivity (Wildman–Crippen MR) is 119 cm³/mol. The second-order valence-corrected chi connectivity index (χ2v) is 8.15. The topological polar surface area (TPSA) is 71.8 Å². The summed E-state index contributed by atoms with van der Waals surface area (Å²) in [7, 11) is 0. The third-order valence-corrected chi connectivity index (χ3v) is 5.71. The van der Waals surface area contributed by atoms with Gasteiger partial charge in [0.05, 0.1) is 35.9 Å². The summed E-state index contributed by atoms with van der Waals surface area (Å²) in [6.07, 6.45) is -2.79. The summed E-state index contributed by atoms with van der Waals surface area (Å²) in [6.45, 7) is -0.0184. The summed E-state index contributed by atoms with van der Waals surface area (Å²) in [6, 6.07) is 13.6. The minimum absolute atomic E-state index is 0.0210. The van der Waals surface area contributed by atoms with E-state index in [4.69, 9.17) is 20.8 Å². The van der Waals surface area contributed by atoms with Crippen LogP contribution in [0.2, 0.25) is 5.02 Å². The molecule has 2 heterocycles. The van der Waals surface area contributed by atoms with E-state index < -0.39 is 28.6 Å². The first-order chi connectivity index (χ1) is 16.2. The van der Waals surface area contributed by atoms with Crippen LogP contribution >= 0.6 is 11.6 Å². The van der Waals surface area contributed by atoms with Crippen LogP contribution in [0.15, 0.2) is 65.3 Å². The number of nitrogens with one attached hydrogen (secondary N) is 1. The Hall–Kier alpha value is -3.46. The minimum Gasteiger partial charge on any atom is -0.493 e. The maximum absolute atomic E-state index is 13.5. The fourth-order valence-electron chi connectivity index (χ4n) is 3.82. The van der Waals surface area contributed by atoms with E-state index in [9.17, 15) is 22.8 Å². The van der Waals surface area contributed by atoms with Gasteiger partial charge in [-0.1, -0.05) is 29.8 Å². The number of amides is 2. The molecule has 1 N–H and O–H groups in total. The van der Waals surface area contributed by atoms with E-state index in [-0.39, 0.29) is 24.7 Å². The highest BCUT2D eigenvalue weighted by atomic mass is 35.5. The molecule has 0 saturated carbocycles. The molecule has 0 spiro atoms. The minimum atomic E-state index is -4.67. The Morgan fingerprint density at radius 1 is 1.12 bits per heavy atom. The normalized spacial score (nSPS) is 15.2. The summed E-state index contributed by atoms with van der Waals surface area (Å²) < 4.78 is 50.4. The molecule has 1 aliphatic heterocycles. The number of para-hydroxylation sites is 1. The molecule has 10 heteroatoms. The second kappa shape index (κ2) is 9.80. The highest BCUT2D eigenvalue weighted by molar-refractivity contribution is 6.31. The highest BCUT2D eigenvalue weighted by Gasteiger charge is 2.34. The van der Waals surface area contributed by atoms with E-state index in [1.54, 1.807) is 36.4 Å². The summed E-state index contributed by atoms with van der Waals surface area (Å²) in [5, 5.41) is 1.95. The van der Waals surface area contributed by atoms with Crippen LogP contribution in [0.25, 0.3) is 0 Å². The molecule has 1 atom stereocenters. The van der Waals surface area contributed by atoms with Gasteiger partial charge in [0.15, 0.2) is 0 Å². The van der Waals surface area contributed by atoms with E-state index in [0.717, 1.165) is 17.7 Å². The quantitative estimate of drug-likeness (QED) is 0.494. The number of hydrogen-bond acceptors (Lipinski definition) is 4. The van der Waals surface area contributed by atoms with Crippen molar-refractivity contribution in [3.63, 3.8) is 0 Å². The van der Waals surface area contributed by atoms with Crippen molar-refractivity contribution in [2.45, 2.75) is 25.1 Å². The Bertz CT molecular complexity index is 1180. The van der Waals surface area contributed by atoms with Crippen LogP contribution in [0.5, 0.6) is 5.75 Å². The van der Waals surface area contributed by atoms with Gasteiger partial charge in [0.25, 0.3) is 0 Å². The molecule has 3 aromatic rings. The van der Waals surface area contributed by atoms with Gasteiger partial charge >= 0.3 is 6.18 Å². The molecule has 178 valence electrons. The van der Waals surface area contributed by atoms with Gasteiger partial charge < -0.3 is 19.4 Å². The van der Waals surface area contributed by atoms with Crippen LogP contribution in [0.3, 0.4) is 0 Å². The molecule has 0 fully saturated rings. The van der Waals surface area contributed by atoms with Crippen LogP contribution in [0, 0.1) is 0 Å². The lowest BCUT2D eigenvalue weighted by atomic mass is 9.91. The first kappa shape index (κ1) is 23.7. The molecule has 6 nitrogen and oxygen atoms in total. The van der Waals surface area contributed by atoms with Gasteiger partial charge in [-0.3, -0.25) is 9.59 Å². The molecule has 2 aromatic carbocycles. The predicted octanol–water partition coefficient (Wildman–Crippen LogP) is 5.49. The van der Waals surface area contributed by atoms with Crippen LogP contribution < -0.4 is 10.1 Å². The number of hydrogen-bond donors (Lipinski definition) is 1. The number of fused-ring (bicyclic) bond motifs is 1. The number of rotatable bonds is 6. The van der Waals surface area contributed by atoms with Gasteiger partial charge in [0.1, 0.15) is 18.1 Å². The summed E-state index contributed by atoms with van der Waals surface area (Å²) >= 11 is 5.64. The highest BCUT2D eigenvalue weighted by Crippen LogP contribution is 2.37. The fourth-order valence-corrected chi connectivity index (χ4v) is 4.04. The van der Waals surface area contributed by atoms with Gasteiger partial charge in [0, 0.05) is 11.3 Å². The molecule has 34 heavy (non-hydrogen) atoms. The Balaban J connectivity index is 1.54. The maximum atomic E-state index is 13.5. The lowest BCUT2D eigenvalue weighted by molar-refractivity contribution is -0.137. The number of carbonyl (C=O) groups excluding carboxylic acids is 2. The number of ether oxygens (including phenoxy) is 1. The Morgan fingerprint density at radius 2 is 1.91 bits per heavy atom. The van der Waals surface area contributed by atoms with E-state index in [1.165, 1.54) is 17.2 Å². The SMILES string of the molecule is O=C(CN(Cc1ccco1)C(=O)C1CCOc2ccccc21)Nc1ccc(Cl)c(C(F)(F)F)c1. The number of carbonyl (C=O) groups is 2. The number of anilines is 1. The molecule has 1 aromatic heterocycles. The van der Waals surface area contributed by atoms with Crippen LogP contribution in [0.4, 0.5) is 18.9 Å².